The first-order valence-corrected chi connectivity index (χ1v) is 7.89. The Morgan fingerprint density at radius 1 is 1.14 bits per heavy atom. The Labute approximate surface area is 133 Å². The number of ether oxygens (including phenoxy) is 3. The minimum Gasteiger partial charge on any atom is -0.497 e. The van der Waals surface area contributed by atoms with Crippen LogP contribution in [0.3, 0.4) is 0 Å². The Morgan fingerprint density at radius 3 is 2.55 bits per heavy atom. The molecule has 5 nitrogen and oxygen atoms in total. The first kappa shape index (κ1) is 16.3. The number of rotatable bonds is 8. The third kappa shape index (κ3) is 4.46. The zero-order valence-corrected chi connectivity index (χ0v) is 13.4. The van der Waals surface area contributed by atoms with E-state index in [-0.39, 0.29) is 5.76 Å². The molecular formula is C16H18O5S. The van der Waals surface area contributed by atoms with Crippen molar-refractivity contribution in [2.24, 2.45) is 0 Å². The van der Waals surface area contributed by atoms with Crippen molar-refractivity contribution in [1.29, 1.82) is 0 Å². The van der Waals surface area contributed by atoms with Gasteiger partial charge in [-0.15, -0.1) is 0 Å². The summed E-state index contributed by atoms with van der Waals surface area (Å²) in [5.74, 6) is 2.91. The van der Waals surface area contributed by atoms with E-state index in [4.69, 9.17) is 13.9 Å². The van der Waals surface area contributed by atoms with E-state index in [9.17, 15) is 4.79 Å². The Balaban J connectivity index is 1.71. The van der Waals surface area contributed by atoms with Gasteiger partial charge in [0.05, 0.1) is 27.1 Å². The van der Waals surface area contributed by atoms with E-state index in [0.717, 1.165) is 22.8 Å². The lowest BCUT2D eigenvalue weighted by Crippen LogP contribution is -2.03. The summed E-state index contributed by atoms with van der Waals surface area (Å²) in [6.45, 7) is 0.586. The topological polar surface area (TPSA) is 57.9 Å². The maximum Gasteiger partial charge on any atom is 0.374 e. The van der Waals surface area contributed by atoms with Crippen molar-refractivity contribution in [3.8, 4) is 11.5 Å². The molecule has 1 aromatic carbocycles. The van der Waals surface area contributed by atoms with Crippen molar-refractivity contribution < 1.29 is 23.4 Å². The van der Waals surface area contributed by atoms with Gasteiger partial charge < -0.3 is 18.6 Å². The number of methoxy groups -OCH3 is 2. The van der Waals surface area contributed by atoms with Crippen LogP contribution >= 0.6 is 11.8 Å². The molecule has 0 amide bonds. The molecule has 6 heteroatoms. The van der Waals surface area contributed by atoms with E-state index in [2.05, 4.69) is 4.74 Å². The fourth-order valence-corrected chi connectivity index (χ4v) is 2.59. The Bertz CT molecular complexity index is 591. The van der Waals surface area contributed by atoms with Crippen LogP contribution in [0.4, 0.5) is 0 Å². The van der Waals surface area contributed by atoms with Gasteiger partial charge in [0.2, 0.25) is 5.76 Å². The van der Waals surface area contributed by atoms with Gasteiger partial charge in [0.25, 0.3) is 0 Å². The molecule has 0 fully saturated rings. The van der Waals surface area contributed by atoms with E-state index in [1.807, 2.05) is 24.3 Å². The minimum absolute atomic E-state index is 0.270. The van der Waals surface area contributed by atoms with Crippen LogP contribution < -0.4 is 9.47 Å². The van der Waals surface area contributed by atoms with Crippen LogP contribution in [-0.2, 0) is 10.5 Å². The number of benzene rings is 1. The normalized spacial score (nSPS) is 10.3. The predicted molar refractivity (Wildman–Crippen MR) is 84.7 cm³/mol. The number of esters is 1. The molecule has 0 aliphatic heterocycles. The minimum atomic E-state index is -0.449. The van der Waals surface area contributed by atoms with Crippen LogP contribution in [0.2, 0.25) is 0 Å². The van der Waals surface area contributed by atoms with Gasteiger partial charge in [-0.3, -0.25) is 0 Å². The molecule has 0 bridgehead atoms. The highest BCUT2D eigenvalue weighted by atomic mass is 32.2. The Morgan fingerprint density at radius 2 is 1.86 bits per heavy atom. The van der Waals surface area contributed by atoms with E-state index < -0.39 is 5.97 Å². The second-order valence-corrected chi connectivity index (χ2v) is 5.45. The van der Waals surface area contributed by atoms with Gasteiger partial charge in [0.1, 0.15) is 11.5 Å². The monoisotopic (exact) mass is 322 g/mol. The molecule has 0 unspecified atom stereocenters. The van der Waals surface area contributed by atoms with E-state index in [1.165, 1.54) is 13.4 Å². The van der Waals surface area contributed by atoms with Gasteiger partial charge in [-0.2, -0.15) is 11.8 Å². The van der Waals surface area contributed by atoms with Gasteiger partial charge in [-0.05, 0) is 30.3 Å². The van der Waals surface area contributed by atoms with Crippen molar-refractivity contribution in [2.45, 2.75) is 5.75 Å². The fourth-order valence-electron chi connectivity index (χ4n) is 1.79. The molecule has 0 aliphatic rings. The van der Waals surface area contributed by atoms with Crippen LogP contribution in [0, 0.1) is 0 Å². The smallest absolute Gasteiger partial charge is 0.374 e. The van der Waals surface area contributed by atoms with Crippen LogP contribution in [-0.4, -0.2) is 32.5 Å². The summed E-state index contributed by atoms with van der Waals surface area (Å²) in [5, 5.41) is 0. The number of thioether (sulfide) groups is 1. The van der Waals surface area contributed by atoms with Crippen LogP contribution in [0.15, 0.2) is 41.0 Å². The zero-order chi connectivity index (χ0) is 15.8. The molecule has 0 atom stereocenters. The molecule has 1 heterocycles. The summed E-state index contributed by atoms with van der Waals surface area (Å²) in [4.78, 5) is 11.5. The molecule has 0 saturated heterocycles. The summed E-state index contributed by atoms with van der Waals surface area (Å²) < 4.78 is 20.5. The van der Waals surface area contributed by atoms with Crippen LogP contribution in [0.1, 0.15) is 16.1 Å². The highest BCUT2D eigenvalue weighted by Crippen LogP contribution is 2.20. The summed E-state index contributed by atoms with van der Waals surface area (Å²) in [7, 11) is 2.97. The molecule has 0 N–H and O–H groups in total. The van der Waals surface area contributed by atoms with Gasteiger partial charge in [0.15, 0.2) is 0 Å². The quantitative estimate of drug-likeness (QED) is 0.548. The van der Waals surface area contributed by atoms with Crippen molar-refractivity contribution in [1.82, 2.24) is 0 Å². The molecule has 1 aromatic heterocycles. The van der Waals surface area contributed by atoms with Crippen LogP contribution in [0.25, 0.3) is 0 Å². The first-order valence-electron chi connectivity index (χ1n) is 6.74. The van der Waals surface area contributed by atoms with Crippen molar-refractivity contribution in [3.63, 3.8) is 0 Å². The zero-order valence-electron chi connectivity index (χ0n) is 12.5. The van der Waals surface area contributed by atoms with Gasteiger partial charge in [0, 0.05) is 17.1 Å². The number of hydrogen-bond donors (Lipinski definition) is 0. The standard InChI is InChI=1S/C16H18O5S/c1-18-13-3-5-14(6-4-13)20-9-10-22-11-12-7-8-21-15(12)16(17)19-2/h3-8H,9-11H2,1-2H3. The molecule has 0 radical (unpaired) electrons. The summed E-state index contributed by atoms with van der Waals surface area (Å²) in [6.07, 6.45) is 1.50. The number of carbonyl (C=O) groups excluding carboxylic acids is 1. The van der Waals surface area contributed by atoms with Crippen LogP contribution in [0.5, 0.6) is 11.5 Å². The molecule has 0 aliphatic carbocycles. The summed E-state index contributed by atoms with van der Waals surface area (Å²) >= 11 is 1.66. The molecule has 118 valence electrons. The largest absolute Gasteiger partial charge is 0.497 e. The Kier molecular flexibility index (Phi) is 6.21. The van der Waals surface area contributed by atoms with E-state index in [1.54, 1.807) is 24.9 Å². The second-order valence-electron chi connectivity index (χ2n) is 4.34. The maximum absolute atomic E-state index is 11.5. The third-order valence-corrected chi connectivity index (χ3v) is 3.90. The second kappa shape index (κ2) is 8.38. The number of hydrogen-bond acceptors (Lipinski definition) is 6. The van der Waals surface area contributed by atoms with Gasteiger partial charge in [-0.25, -0.2) is 4.79 Å². The summed E-state index contributed by atoms with van der Waals surface area (Å²) in [5.41, 5.74) is 0.835. The SMILES string of the molecule is COC(=O)c1occc1CSCCOc1ccc(OC)cc1. The number of furan rings is 1. The number of carbonyl (C=O) groups is 1. The highest BCUT2D eigenvalue weighted by Gasteiger charge is 2.15. The van der Waals surface area contributed by atoms with Gasteiger partial charge >= 0.3 is 5.97 Å². The molecule has 0 spiro atoms. The van der Waals surface area contributed by atoms with Crippen molar-refractivity contribution in [2.75, 3.05) is 26.6 Å². The van der Waals surface area contributed by atoms with Gasteiger partial charge in [-0.1, -0.05) is 0 Å². The first-order chi connectivity index (χ1) is 10.7. The van der Waals surface area contributed by atoms with E-state index in [0.29, 0.717) is 12.4 Å². The third-order valence-electron chi connectivity index (χ3n) is 2.93. The average molecular weight is 322 g/mol. The summed E-state index contributed by atoms with van der Waals surface area (Å²) in [6, 6.07) is 9.24. The highest BCUT2D eigenvalue weighted by molar-refractivity contribution is 7.98. The van der Waals surface area contributed by atoms with Crippen molar-refractivity contribution in [3.05, 3.63) is 47.9 Å². The lowest BCUT2D eigenvalue weighted by Gasteiger charge is -2.07. The molecule has 2 aromatic rings. The molecule has 2 rings (SSSR count). The molecule has 0 saturated carbocycles. The fraction of sp³-hybridized carbons (Fsp3) is 0.312. The predicted octanol–water partition coefficient (Wildman–Crippen LogP) is 3.39. The average Bonchev–Trinajstić information content (AvgIpc) is 3.03. The molecular weight excluding hydrogens is 304 g/mol. The molecule has 22 heavy (non-hydrogen) atoms. The van der Waals surface area contributed by atoms with E-state index >= 15 is 0 Å². The lowest BCUT2D eigenvalue weighted by molar-refractivity contribution is 0.0564. The van der Waals surface area contributed by atoms with Crippen molar-refractivity contribution >= 4 is 17.7 Å². The Hall–Kier alpha value is -2.08. The lowest BCUT2D eigenvalue weighted by atomic mass is 10.3. The maximum atomic E-state index is 11.5.